The first-order valence-corrected chi connectivity index (χ1v) is 11.8. The summed E-state index contributed by atoms with van der Waals surface area (Å²) in [6, 6.07) is 24.5. The Hall–Kier alpha value is -4.58. The first kappa shape index (κ1) is 23.2. The third-order valence-electron chi connectivity index (χ3n) is 6.53. The van der Waals surface area contributed by atoms with Gasteiger partial charge in [-0.3, -0.25) is 19.2 Å². The van der Waals surface area contributed by atoms with E-state index in [1.54, 1.807) is 24.3 Å². The van der Waals surface area contributed by atoms with Crippen LogP contribution in [0.4, 0.5) is 0 Å². The van der Waals surface area contributed by atoms with Gasteiger partial charge < -0.3 is 9.80 Å². The van der Waals surface area contributed by atoms with Crippen molar-refractivity contribution in [2.75, 3.05) is 0 Å². The number of carbonyl (C=O) groups is 4. The molecule has 2 atom stereocenters. The maximum Gasteiger partial charge on any atom is 0.259 e. The van der Waals surface area contributed by atoms with Crippen molar-refractivity contribution in [1.29, 1.82) is 0 Å². The zero-order valence-corrected chi connectivity index (χ0v) is 19.5. The summed E-state index contributed by atoms with van der Waals surface area (Å²) in [7, 11) is 0. The first-order chi connectivity index (χ1) is 17.5. The van der Waals surface area contributed by atoms with E-state index in [0.29, 0.717) is 0 Å². The summed E-state index contributed by atoms with van der Waals surface area (Å²) in [5.74, 6) is -0.869. The lowest BCUT2D eigenvalue weighted by Crippen LogP contribution is -2.38. The molecular formula is C30H24N2O4. The van der Waals surface area contributed by atoms with Crippen LogP contribution in [0.15, 0.2) is 109 Å². The number of hydrogen-bond donors (Lipinski definition) is 0. The third-order valence-corrected chi connectivity index (χ3v) is 6.53. The topological polar surface area (TPSA) is 74.8 Å². The predicted octanol–water partition coefficient (Wildman–Crippen LogP) is 5.03. The molecule has 0 N–H and O–H groups in total. The zero-order valence-electron chi connectivity index (χ0n) is 19.5. The van der Waals surface area contributed by atoms with Crippen molar-refractivity contribution in [3.8, 4) is 0 Å². The van der Waals surface area contributed by atoms with E-state index >= 15 is 0 Å². The molecule has 0 unspecified atom stereocenters. The molecule has 3 aromatic rings. The van der Waals surface area contributed by atoms with E-state index in [4.69, 9.17) is 0 Å². The third kappa shape index (κ3) is 4.53. The molecule has 2 heterocycles. The summed E-state index contributed by atoms with van der Waals surface area (Å²) in [5, 5.41) is 0. The Morgan fingerprint density at radius 2 is 0.917 bits per heavy atom. The van der Waals surface area contributed by atoms with E-state index in [9.17, 15) is 19.2 Å². The Morgan fingerprint density at radius 3 is 1.31 bits per heavy atom. The van der Waals surface area contributed by atoms with Gasteiger partial charge in [0, 0.05) is 25.2 Å². The van der Waals surface area contributed by atoms with E-state index in [1.165, 1.54) is 34.4 Å². The molecular weight excluding hydrogens is 452 g/mol. The van der Waals surface area contributed by atoms with Crippen molar-refractivity contribution in [2.45, 2.75) is 24.9 Å². The Balaban J connectivity index is 1.51. The molecule has 2 aliphatic heterocycles. The van der Waals surface area contributed by atoms with Crippen LogP contribution < -0.4 is 0 Å². The fourth-order valence-corrected chi connectivity index (χ4v) is 4.71. The second-order valence-corrected chi connectivity index (χ2v) is 8.80. The molecule has 0 saturated carbocycles. The predicted molar refractivity (Wildman–Crippen MR) is 135 cm³/mol. The van der Waals surface area contributed by atoms with Crippen molar-refractivity contribution in [2.24, 2.45) is 0 Å². The van der Waals surface area contributed by atoms with Gasteiger partial charge in [-0.1, -0.05) is 72.8 Å². The molecule has 2 amide bonds. The second kappa shape index (κ2) is 9.96. The molecule has 36 heavy (non-hydrogen) atoms. The van der Waals surface area contributed by atoms with Gasteiger partial charge in [0.15, 0.2) is 11.6 Å². The van der Waals surface area contributed by atoms with Gasteiger partial charge in [-0.15, -0.1) is 0 Å². The van der Waals surface area contributed by atoms with E-state index in [-0.39, 0.29) is 47.3 Å². The quantitative estimate of drug-likeness (QED) is 0.530. The van der Waals surface area contributed by atoms with Gasteiger partial charge in [-0.25, -0.2) is 0 Å². The standard InChI is InChI=1S/C30H24N2O4/c33-23-15-17-31(27(19-23)21-9-3-1-4-10-21)29(35)25-13-7-8-14-26(25)30(36)32-18-16-24(34)20-28(32)22-11-5-2-6-12-22/h1-18,27-28H,19-20H2/t27-,28-/m1/s1. The maximum atomic E-state index is 13.8. The maximum absolute atomic E-state index is 13.8. The van der Waals surface area contributed by atoms with Gasteiger partial charge in [-0.05, 0) is 35.4 Å². The Bertz CT molecular complexity index is 1270. The Kier molecular flexibility index (Phi) is 6.41. The van der Waals surface area contributed by atoms with Crippen molar-refractivity contribution >= 4 is 23.4 Å². The highest BCUT2D eigenvalue weighted by atomic mass is 16.2. The average molecular weight is 477 g/mol. The molecule has 0 radical (unpaired) electrons. The minimum absolute atomic E-state index is 0.0638. The van der Waals surface area contributed by atoms with E-state index < -0.39 is 12.1 Å². The monoisotopic (exact) mass is 476 g/mol. The van der Waals surface area contributed by atoms with E-state index in [1.807, 2.05) is 60.7 Å². The summed E-state index contributed by atoms with van der Waals surface area (Å²) < 4.78 is 0. The first-order valence-electron chi connectivity index (χ1n) is 11.8. The highest BCUT2D eigenvalue weighted by Crippen LogP contribution is 2.33. The number of allylic oxidation sites excluding steroid dienone is 2. The number of ketones is 2. The summed E-state index contributed by atoms with van der Waals surface area (Å²) in [4.78, 5) is 55.1. The molecule has 0 spiro atoms. The summed E-state index contributed by atoms with van der Waals surface area (Å²) in [6.07, 6.45) is 6.11. The van der Waals surface area contributed by atoms with Gasteiger partial charge in [0.2, 0.25) is 0 Å². The lowest BCUT2D eigenvalue weighted by atomic mass is 9.94. The second-order valence-electron chi connectivity index (χ2n) is 8.80. The van der Waals surface area contributed by atoms with Crippen LogP contribution in [-0.4, -0.2) is 33.2 Å². The van der Waals surface area contributed by atoms with Gasteiger partial charge >= 0.3 is 0 Å². The van der Waals surface area contributed by atoms with Crippen molar-refractivity contribution in [1.82, 2.24) is 9.80 Å². The van der Waals surface area contributed by atoms with Crippen molar-refractivity contribution in [3.05, 3.63) is 132 Å². The molecule has 3 aromatic carbocycles. The molecule has 0 bridgehead atoms. The summed E-state index contributed by atoms with van der Waals surface area (Å²) in [5.41, 5.74) is 2.15. The van der Waals surface area contributed by atoms with E-state index in [2.05, 4.69) is 0 Å². The molecule has 0 saturated heterocycles. The average Bonchev–Trinajstić information content (AvgIpc) is 2.93. The van der Waals surface area contributed by atoms with Crippen LogP contribution in [0.3, 0.4) is 0 Å². The number of carbonyl (C=O) groups excluding carboxylic acids is 4. The molecule has 6 heteroatoms. The van der Waals surface area contributed by atoms with Crippen LogP contribution in [0.5, 0.6) is 0 Å². The SMILES string of the molecule is O=C1C=CN(C(=O)c2ccccc2C(=O)N2C=CC(=O)C[C@@H]2c2ccccc2)[C@@H](c2ccccc2)C1. The largest absolute Gasteiger partial charge is 0.307 e. The van der Waals surface area contributed by atoms with Gasteiger partial charge in [0.25, 0.3) is 11.8 Å². The van der Waals surface area contributed by atoms with Crippen LogP contribution in [0.2, 0.25) is 0 Å². The fraction of sp³-hybridized carbons (Fsp3) is 0.133. The van der Waals surface area contributed by atoms with Gasteiger partial charge in [0.1, 0.15) is 0 Å². The molecule has 0 aromatic heterocycles. The number of hydrogen-bond acceptors (Lipinski definition) is 4. The Labute approximate surface area is 209 Å². The number of amides is 2. The summed E-state index contributed by atoms with van der Waals surface area (Å²) in [6.45, 7) is 0. The van der Waals surface area contributed by atoms with Crippen LogP contribution in [-0.2, 0) is 9.59 Å². The molecule has 2 aliphatic rings. The lowest BCUT2D eigenvalue weighted by molar-refractivity contribution is -0.117. The molecule has 0 aliphatic carbocycles. The Morgan fingerprint density at radius 1 is 0.556 bits per heavy atom. The normalized spacial score (nSPS) is 19.4. The van der Waals surface area contributed by atoms with Gasteiger partial charge in [-0.2, -0.15) is 0 Å². The number of benzene rings is 3. The zero-order chi connectivity index (χ0) is 25.1. The number of rotatable bonds is 4. The van der Waals surface area contributed by atoms with Crippen LogP contribution in [0.25, 0.3) is 0 Å². The minimum atomic E-state index is -0.469. The molecule has 178 valence electrons. The molecule has 5 rings (SSSR count). The minimum Gasteiger partial charge on any atom is -0.307 e. The molecule has 6 nitrogen and oxygen atoms in total. The molecule has 0 fully saturated rings. The highest BCUT2D eigenvalue weighted by Gasteiger charge is 2.34. The van der Waals surface area contributed by atoms with Crippen molar-refractivity contribution in [3.63, 3.8) is 0 Å². The van der Waals surface area contributed by atoms with Gasteiger partial charge in [0.05, 0.1) is 23.2 Å². The highest BCUT2D eigenvalue weighted by molar-refractivity contribution is 6.09. The fourth-order valence-electron chi connectivity index (χ4n) is 4.71. The van der Waals surface area contributed by atoms with Crippen LogP contribution >= 0.6 is 0 Å². The van der Waals surface area contributed by atoms with Crippen molar-refractivity contribution < 1.29 is 19.2 Å². The van der Waals surface area contributed by atoms with E-state index in [0.717, 1.165) is 11.1 Å². The van der Waals surface area contributed by atoms with Crippen LogP contribution in [0.1, 0.15) is 56.8 Å². The smallest absolute Gasteiger partial charge is 0.259 e. The lowest BCUT2D eigenvalue weighted by Gasteiger charge is -2.33. The summed E-state index contributed by atoms with van der Waals surface area (Å²) >= 11 is 0. The number of nitrogens with zero attached hydrogens (tertiary/aromatic N) is 2. The van der Waals surface area contributed by atoms with Crippen LogP contribution in [0, 0.1) is 0 Å².